The van der Waals surface area contributed by atoms with E-state index in [-0.39, 0.29) is 17.6 Å². The highest BCUT2D eigenvalue weighted by atomic mass is 32.2. The summed E-state index contributed by atoms with van der Waals surface area (Å²) in [7, 11) is 3.61. The van der Waals surface area contributed by atoms with Gasteiger partial charge in [0.15, 0.2) is 5.16 Å². The third-order valence-electron chi connectivity index (χ3n) is 5.68. The average molecular weight is 492 g/mol. The molecule has 2 heterocycles. The number of amides is 2. The summed E-state index contributed by atoms with van der Waals surface area (Å²) in [6.07, 6.45) is 4.53. The standard InChI is InChI=1S/C26H29N5O3S/c1-4-5-12-23-21(20-11-6-7-13-22(20)34-23)15-30(2)25(33)18-9-8-10-19(14-18)28-24(32)16-35-26-29-27-17-31(26)3/h6-11,13-14,17H,4-5,12,15-16H2,1-3H3,(H,28,32). The Morgan fingerprint density at radius 3 is 2.77 bits per heavy atom. The van der Waals surface area contributed by atoms with E-state index in [1.165, 1.54) is 11.8 Å². The number of aryl methyl sites for hydroxylation is 2. The van der Waals surface area contributed by atoms with Crippen molar-refractivity contribution < 1.29 is 14.0 Å². The van der Waals surface area contributed by atoms with Crippen molar-refractivity contribution in [3.63, 3.8) is 0 Å². The number of furan rings is 1. The van der Waals surface area contributed by atoms with Gasteiger partial charge < -0.3 is 19.2 Å². The fraction of sp³-hybridized carbons (Fsp3) is 0.308. The van der Waals surface area contributed by atoms with Crippen LogP contribution in [-0.4, -0.2) is 44.3 Å². The molecule has 2 aromatic carbocycles. The van der Waals surface area contributed by atoms with Crippen LogP contribution in [0.3, 0.4) is 0 Å². The molecule has 0 aliphatic carbocycles. The second-order valence-electron chi connectivity index (χ2n) is 8.41. The maximum Gasteiger partial charge on any atom is 0.253 e. The summed E-state index contributed by atoms with van der Waals surface area (Å²) in [6, 6.07) is 15.0. The van der Waals surface area contributed by atoms with Crippen molar-refractivity contribution in [2.45, 2.75) is 37.9 Å². The predicted molar refractivity (Wildman–Crippen MR) is 137 cm³/mol. The van der Waals surface area contributed by atoms with E-state index in [4.69, 9.17) is 4.42 Å². The van der Waals surface area contributed by atoms with Gasteiger partial charge in [-0.05, 0) is 30.7 Å². The molecule has 0 fully saturated rings. The molecule has 2 amide bonds. The van der Waals surface area contributed by atoms with E-state index >= 15 is 0 Å². The Labute approximate surface area is 208 Å². The third-order valence-corrected chi connectivity index (χ3v) is 6.71. The fourth-order valence-corrected chi connectivity index (χ4v) is 4.54. The number of carbonyl (C=O) groups is 2. The number of thioether (sulfide) groups is 1. The molecule has 0 spiro atoms. The van der Waals surface area contributed by atoms with Gasteiger partial charge in [0.25, 0.3) is 5.91 Å². The SMILES string of the molecule is CCCCc1oc2ccccc2c1CN(C)C(=O)c1cccc(NC(=O)CSc2nncn2C)c1. The molecule has 0 bridgehead atoms. The van der Waals surface area contributed by atoms with Crippen LogP contribution in [0, 0.1) is 0 Å². The van der Waals surface area contributed by atoms with Gasteiger partial charge in [-0.2, -0.15) is 0 Å². The van der Waals surface area contributed by atoms with Gasteiger partial charge >= 0.3 is 0 Å². The molecule has 9 heteroatoms. The van der Waals surface area contributed by atoms with Gasteiger partial charge in [0.1, 0.15) is 17.7 Å². The number of hydrogen-bond donors (Lipinski definition) is 1. The Balaban J connectivity index is 1.44. The van der Waals surface area contributed by atoms with Crippen molar-refractivity contribution in [2.75, 3.05) is 18.1 Å². The topological polar surface area (TPSA) is 93.3 Å². The number of nitrogens with one attached hydrogen (secondary N) is 1. The number of hydrogen-bond acceptors (Lipinski definition) is 6. The molecule has 35 heavy (non-hydrogen) atoms. The van der Waals surface area contributed by atoms with Gasteiger partial charge in [-0.25, -0.2) is 0 Å². The number of benzene rings is 2. The number of nitrogens with zero attached hydrogens (tertiary/aromatic N) is 4. The van der Waals surface area contributed by atoms with E-state index in [1.54, 1.807) is 47.1 Å². The van der Waals surface area contributed by atoms with Crippen molar-refractivity contribution in [1.29, 1.82) is 0 Å². The van der Waals surface area contributed by atoms with E-state index in [0.717, 1.165) is 41.6 Å². The van der Waals surface area contributed by atoms with Crippen LogP contribution < -0.4 is 5.32 Å². The summed E-state index contributed by atoms with van der Waals surface area (Å²) >= 11 is 1.30. The van der Waals surface area contributed by atoms with Gasteiger partial charge in [-0.15, -0.1) is 10.2 Å². The normalized spacial score (nSPS) is 11.1. The summed E-state index contributed by atoms with van der Waals surface area (Å²) in [5.74, 6) is 0.829. The molecule has 0 saturated carbocycles. The number of rotatable bonds is 10. The number of aromatic nitrogens is 3. The summed E-state index contributed by atoms with van der Waals surface area (Å²) in [5.41, 5.74) is 2.98. The van der Waals surface area contributed by atoms with Crippen LogP contribution in [0.5, 0.6) is 0 Å². The van der Waals surface area contributed by atoms with Gasteiger partial charge in [0.05, 0.1) is 5.75 Å². The molecule has 0 saturated heterocycles. The third kappa shape index (κ3) is 5.92. The number of fused-ring (bicyclic) bond motifs is 1. The lowest BCUT2D eigenvalue weighted by molar-refractivity contribution is -0.113. The number of para-hydroxylation sites is 1. The molecule has 4 rings (SSSR count). The first-order valence-electron chi connectivity index (χ1n) is 11.6. The minimum Gasteiger partial charge on any atom is -0.461 e. The van der Waals surface area contributed by atoms with Crippen molar-refractivity contribution in [3.8, 4) is 0 Å². The summed E-state index contributed by atoms with van der Waals surface area (Å²) in [4.78, 5) is 27.3. The second-order valence-corrected chi connectivity index (χ2v) is 9.35. The lowest BCUT2D eigenvalue weighted by Gasteiger charge is -2.18. The van der Waals surface area contributed by atoms with Crippen LogP contribution >= 0.6 is 11.8 Å². The van der Waals surface area contributed by atoms with Crippen LogP contribution in [0.2, 0.25) is 0 Å². The zero-order chi connectivity index (χ0) is 24.8. The molecule has 4 aromatic rings. The highest BCUT2D eigenvalue weighted by molar-refractivity contribution is 7.99. The summed E-state index contributed by atoms with van der Waals surface area (Å²) < 4.78 is 7.86. The van der Waals surface area contributed by atoms with E-state index in [0.29, 0.717) is 23.0 Å². The number of carbonyl (C=O) groups excluding carboxylic acids is 2. The Kier molecular flexibility index (Phi) is 7.87. The Hall–Kier alpha value is -3.59. The molecule has 1 N–H and O–H groups in total. The van der Waals surface area contributed by atoms with E-state index in [1.807, 2.05) is 31.3 Å². The second kappa shape index (κ2) is 11.2. The quantitative estimate of drug-likeness (QED) is 0.317. The number of unbranched alkanes of at least 4 members (excludes halogenated alkanes) is 1. The summed E-state index contributed by atoms with van der Waals surface area (Å²) in [5, 5.41) is 12.3. The fourth-order valence-electron chi connectivity index (χ4n) is 3.85. The molecular weight excluding hydrogens is 462 g/mol. The first-order valence-corrected chi connectivity index (χ1v) is 12.6. The first-order chi connectivity index (χ1) is 17.0. The van der Waals surface area contributed by atoms with E-state index in [9.17, 15) is 9.59 Å². The highest BCUT2D eigenvalue weighted by Gasteiger charge is 2.19. The van der Waals surface area contributed by atoms with Gasteiger partial charge in [0.2, 0.25) is 5.91 Å². The zero-order valence-electron chi connectivity index (χ0n) is 20.2. The maximum absolute atomic E-state index is 13.2. The highest BCUT2D eigenvalue weighted by Crippen LogP contribution is 2.28. The predicted octanol–water partition coefficient (Wildman–Crippen LogP) is 4.91. The van der Waals surface area contributed by atoms with Crippen molar-refractivity contribution >= 4 is 40.2 Å². The largest absolute Gasteiger partial charge is 0.461 e. The first kappa shape index (κ1) is 24.5. The van der Waals surface area contributed by atoms with Crippen molar-refractivity contribution in [2.24, 2.45) is 7.05 Å². The molecular formula is C26H29N5O3S. The summed E-state index contributed by atoms with van der Waals surface area (Å²) in [6.45, 7) is 2.60. The van der Waals surface area contributed by atoms with Crippen LogP contribution in [0.25, 0.3) is 11.0 Å². The van der Waals surface area contributed by atoms with Crippen molar-refractivity contribution in [1.82, 2.24) is 19.7 Å². The maximum atomic E-state index is 13.2. The van der Waals surface area contributed by atoms with Crippen LogP contribution in [0.15, 0.2) is 64.4 Å². The monoisotopic (exact) mass is 491 g/mol. The van der Waals surface area contributed by atoms with Gasteiger partial charge in [-0.1, -0.05) is 49.4 Å². The lowest BCUT2D eigenvalue weighted by Crippen LogP contribution is -2.26. The number of anilines is 1. The van der Waals surface area contributed by atoms with E-state index < -0.39 is 0 Å². The van der Waals surface area contributed by atoms with Crippen LogP contribution in [-0.2, 0) is 24.8 Å². The Morgan fingerprint density at radius 1 is 1.17 bits per heavy atom. The average Bonchev–Trinajstić information content (AvgIpc) is 3.43. The molecule has 0 aliphatic heterocycles. The minimum absolute atomic E-state index is 0.124. The smallest absolute Gasteiger partial charge is 0.253 e. The lowest BCUT2D eigenvalue weighted by atomic mass is 10.1. The van der Waals surface area contributed by atoms with Crippen molar-refractivity contribution in [3.05, 3.63) is 71.7 Å². The molecule has 0 unspecified atom stereocenters. The molecule has 8 nitrogen and oxygen atoms in total. The zero-order valence-corrected chi connectivity index (χ0v) is 21.0. The Bertz CT molecular complexity index is 1330. The molecule has 2 aromatic heterocycles. The molecule has 0 aliphatic rings. The van der Waals surface area contributed by atoms with Gasteiger partial charge in [-0.3, -0.25) is 9.59 Å². The molecule has 0 atom stereocenters. The Morgan fingerprint density at radius 2 is 2.00 bits per heavy atom. The molecule has 182 valence electrons. The van der Waals surface area contributed by atoms with Gasteiger partial charge in [0, 0.05) is 49.3 Å². The van der Waals surface area contributed by atoms with Crippen LogP contribution in [0.1, 0.15) is 41.4 Å². The molecule has 0 radical (unpaired) electrons. The van der Waals surface area contributed by atoms with E-state index in [2.05, 4.69) is 22.4 Å². The minimum atomic E-state index is -0.179. The van der Waals surface area contributed by atoms with Crippen LogP contribution in [0.4, 0.5) is 5.69 Å².